The van der Waals surface area contributed by atoms with Crippen molar-refractivity contribution in [1.29, 1.82) is 0 Å². The maximum Gasteiger partial charge on any atom is 0.229 e. The number of carbonyl (C=O) groups excluding carboxylic acids is 2. The molecule has 2 aliphatic heterocycles. The summed E-state index contributed by atoms with van der Waals surface area (Å²) in [6.07, 6.45) is 4.44. The summed E-state index contributed by atoms with van der Waals surface area (Å²) in [6, 6.07) is 18.1. The standard InChI is InChI=1S/C28H30FN5O2/c29-24-4-1-3-20(17-24)18-27(35)33-14-10-22(11-15-33)21-6-8-25(9-7-21)31-28(36)23-12-16-34(19-23)26-5-2-13-30-32-26/h1-9,13,17,22-23H,10-12,14-16,18-19H2,(H,31,36)/t23-/m0/s1. The fourth-order valence-electron chi connectivity index (χ4n) is 5.12. The molecule has 2 amide bonds. The lowest BCUT2D eigenvalue weighted by atomic mass is 9.89. The second-order valence-electron chi connectivity index (χ2n) is 9.59. The molecule has 2 fully saturated rings. The molecule has 0 bridgehead atoms. The molecule has 1 N–H and O–H groups in total. The van der Waals surface area contributed by atoms with Crippen LogP contribution in [-0.4, -0.2) is 53.1 Å². The number of rotatable bonds is 6. The number of aromatic nitrogens is 2. The number of halogens is 1. The number of piperidine rings is 1. The van der Waals surface area contributed by atoms with Gasteiger partial charge in [-0.2, -0.15) is 5.10 Å². The number of benzene rings is 2. The van der Waals surface area contributed by atoms with Crippen LogP contribution in [0, 0.1) is 11.7 Å². The molecule has 2 saturated heterocycles. The molecule has 0 unspecified atom stereocenters. The molecule has 0 aliphatic carbocycles. The Morgan fingerprint density at radius 1 is 0.972 bits per heavy atom. The van der Waals surface area contributed by atoms with Crippen LogP contribution in [0.15, 0.2) is 66.9 Å². The molecule has 7 nitrogen and oxygen atoms in total. The third-order valence-corrected chi connectivity index (χ3v) is 7.18. The number of likely N-dealkylation sites (tertiary alicyclic amines) is 1. The Kier molecular flexibility index (Phi) is 7.21. The molecule has 0 saturated carbocycles. The molecule has 8 heteroatoms. The number of amides is 2. The van der Waals surface area contributed by atoms with E-state index in [1.165, 1.54) is 17.7 Å². The van der Waals surface area contributed by atoms with Crippen molar-refractivity contribution >= 4 is 23.3 Å². The van der Waals surface area contributed by atoms with Gasteiger partial charge in [-0.1, -0.05) is 24.3 Å². The van der Waals surface area contributed by atoms with Gasteiger partial charge in [0.25, 0.3) is 0 Å². The largest absolute Gasteiger partial charge is 0.354 e. The summed E-state index contributed by atoms with van der Waals surface area (Å²) < 4.78 is 13.4. The normalized spacial score (nSPS) is 18.3. The number of anilines is 2. The lowest BCUT2D eigenvalue weighted by molar-refractivity contribution is -0.131. The Bertz CT molecular complexity index is 1200. The van der Waals surface area contributed by atoms with Crippen LogP contribution in [0.25, 0.3) is 0 Å². The smallest absolute Gasteiger partial charge is 0.229 e. The van der Waals surface area contributed by atoms with E-state index in [1.807, 2.05) is 29.2 Å². The summed E-state index contributed by atoms with van der Waals surface area (Å²) in [5.41, 5.74) is 2.73. The van der Waals surface area contributed by atoms with Gasteiger partial charge in [-0.15, -0.1) is 5.10 Å². The van der Waals surface area contributed by atoms with Gasteiger partial charge in [0, 0.05) is 38.1 Å². The van der Waals surface area contributed by atoms with Crippen molar-refractivity contribution in [2.75, 3.05) is 36.4 Å². The molecular weight excluding hydrogens is 457 g/mol. The highest BCUT2D eigenvalue weighted by molar-refractivity contribution is 5.93. The van der Waals surface area contributed by atoms with Crippen molar-refractivity contribution in [3.05, 3.63) is 83.8 Å². The third kappa shape index (κ3) is 5.70. The lowest BCUT2D eigenvalue weighted by Crippen LogP contribution is -2.38. The predicted octanol–water partition coefficient (Wildman–Crippen LogP) is 4.03. The van der Waals surface area contributed by atoms with Gasteiger partial charge in [-0.05, 0) is 72.7 Å². The summed E-state index contributed by atoms with van der Waals surface area (Å²) in [6.45, 7) is 2.82. The Hall–Kier alpha value is -3.81. The highest BCUT2D eigenvalue weighted by Gasteiger charge is 2.29. The fraction of sp³-hybridized carbons (Fsp3) is 0.357. The van der Waals surface area contributed by atoms with E-state index >= 15 is 0 Å². The summed E-state index contributed by atoms with van der Waals surface area (Å²) in [7, 11) is 0. The summed E-state index contributed by atoms with van der Waals surface area (Å²) >= 11 is 0. The van der Waals surface area contributed by atoms with Gasteiger partial charge in [0.2, 0.25) is 11.8 Å². The molecule has 1 atom stereocenters. The van der Waals surface area contributed by atoms with Crippen molar-refractivity contribution in [2.45, 2.75) is 31.6 Å². The highest BCUT2D eigenvalue weighted by Crippen LogP contribution is 2.30. The molecule has 186 valence electrons. The summed E-state index contributed by atoms with van der Waals surface area (Å²) in [4.78, 5) is 29.4. The fourth-order valence-corrected chi connectivity index (χ4v) is 5.12. The van der Waals surface area contributed by atoms with Gasteiger partial charge in [-0.3, -0.25) is 9.59 Å². The van der Waals surface area contributed by atoms with E-state index in [2.05, 4.69) is 32.5 Å². The van der Waals surface area contributed by atoms with Crippen molar-refractivity contribution in [3.63, 3.8) is 0 Å². The van der Waals surface area contributed by atoms with Crippen LogP contribution in [0.2, 0.25) is 0 Å². The molecule has 0 radical (unpaired) electrons. The second kappa shape index (κ2) is 10.8. The Morgan fingerprint density at radius 3 is 2.50 bits per heavy atom. The van der Waals surface area contributed by atoms with Crippen LogP contribution in [0.1, 0.15) is 36.3 Å². The molecule has 2 aliphatic rings. The van der Waals surface area contributed by atoms with Crippen molar-refractivity contribution in [1.82, 2.24) is 15.1 Å². The molecule has 3 heterocycles. The van der Waals surface area contributed by atoms with E-state index < -0.39 is 0 Å². The van der Waals surface area contributed by atoms with E-state index in [0.717, 1.165) is 37.3 Å². The van der Waals surface area contributed by atoms with Gasteiger partial charge in [0.05, 0.1) is 12.3 Å². The van der Waals surface area contributed by atoms with E-state index in [4.69, 9.17) is 0 Å². The Labute approximate surface area is 210 Å². The van der Waals surface area contributed by atoms with Crippen LogP contribution in [-0.2, 0) is 16.0 Å². The maximum atomic E-state index is 13.4. The Morgan fingerprint density at radius 2 is 1.78 bits per heavy atom. The zero-order valence-corrected chi connectivity index (χ0v) is 20.1. The molecular formula is C28H30FN5O2. The zero-order valence-electron chi connectivity index (χ0n) is 20.1. The van der Waals surface area contributed by atoms with E-state index in [0.29, 0.717) is 31.1 Å². The first-order valence-corrected chi connectivity index (χ1v) is 12.5. The molecule has 3 aromatic rings. The zero-order chi connectivity index (χ0) is 24.9. The van der Waals surface area contributed by atoms with Gasteiger partial charge in [0.15, 0.2) is 5.82 Å². The average molecular weight is 488 g/mol. The molecule has 36 heavy (non-hydrogen) atoms. The Balaban J connectivity index is 1.09. The average Bonchev–Trinajstić information content (AvgIpc) is 3.41. The first-order chi connectivity index (χ1) is 17.5. The maximum absolute atomic E-state index is 13.4. The van der Waals surface area contributed by atoms with Gasteiger partial charge < -0.3 is 15.1 Å². The topological polar surface area (TPSA) is 78.4 Å². The minimum absolute atomic E-state index is 0.0271. The highest BCUT2D eigenvalue weighted by atomic mass is 19.1. The molecule has 2 aromatic carbocycles. The van der Waals surface area contributed by atoms with E-state index in [1.54, 1.807) is 18.3 Å². The quantitative estimate of drug-likeness (QED) is 0.568. The van der Waals surface area contributed by atoms with Crippen LogP contribution >= 0.6 is 0 Å². The monoisotopic (exact) mass is 487 g/mol. The van der Waals surface area contributed by atoms with Gasteiger partial charge >= 0.3 is 0 Å². The van der Waals surface area contributed by atoms with E-state index in [-0.39, 0.29) is 30.0 Å². The number of carbonyl (C=O) groups is 2. The summed E-state index contributed by atoms with van der Waals surface area (Å²) in [5.74, 6) is 0.857. The molecule has 0 spiro atoms. The molecule has 5 rings (SSSR count). The van der Waals surface area contributed by atoms with Crippen LogP contribution in [0.5, 0.6) is 0 Å². The predicted molar refractivity (Wildman–Crippen MR) is 136 cm³/mol. The number of hydrogen-bond acceptors (Lipinski definition) is 5. The summed E-state index contributed by atoms with van der Waals surface area (Å²) in [5, 5.41) is 11.1. The van der Waals surface area contributed by atoms with Gasteiger partial charge in [0.1, 0.15) is 5.82 Å². The van der Waals surface area contributed by atoms with Crippen LogP contribution in [0.4, 0.5) is 15.9 Å². The second-order valence-corrected chi connectivity index (χ2v) is 9.59. The van der Waals surface area contributed by atoms with Crippen LogP contribution < -0.4 is 10.2 Å². The van der Waals surface area contributed by atoms with Crippen molar-refractivity contribution in [2.24, 2.45) is 5.92 Å². The number of nitrogens with zero attached hydrogens (tertiary/aromatic N) is 4. The third-order valence-electron chi connectivity index (χ3n) is 7.18. The molecule has 1 aromatic heterocycles. The van der Waals surface area contributed by atoms with Crippen LogP contribution in [0.3, 0.4) is 0 Å². The number of nitrogens with one attached hydrogen (secondary N) is 1. The minimum atomic E-state index is -0.314. The number of hydrogen-bond donors (Lipinski definition) is 1. The first-order valence-electron chi connectivity index (χ1n) is 12.5. The minimum Gasteiger partial charge on any atom is -0.354 e. The van der Waals surface area contributed by atoms with Crippen molar-refractivity contribution in [3.8, 4) is 0 Å². The lowest BCUT2D eigenvalue weighted by Gasteiger charge is -2.32. The van der Waals surface area contributed by atoms with E-state index in [9.17, 15) is 14.0 Å². The van der Waals surface area contributed by atoms with Gasteiger partial charge in [-0.25, -0.2) is 4.39 Å². The van der Waals surface area contributed by atoms with Crippen molar-refractivity contribution < 1.29 is 14.0 Å². The SMILES string of the molecule is O=C(Nc1ccc(C2CCN(C(=O)Cc3cccc(F)c3)CC2)cc1)[C@H]1CCN(c2cccnn2)C1. The first kappa shape index (κ1) is 23.9.